The van der Waals surface area contributed by atoms with Crippen molar-refractivity contribution in [3.05, 3.63) is 88.8 Å². The quantitative estimate of drug-likeness (QED) is 0.368. The zero-order chi connectivity index (χ0) is 24.5. The van der Waals surface area contributed by atoms with Gasteiger partial charge in [0.05, 0.1) is 16.6 Å². The number of hydrogen-bond acceptors (Lipinski definition) is 6. The lowest BCUT2D eigenvalue weighted by atomic mass is 10.1. The fraction of sp³-hybridized carbons (Fsp3) is 0.160. The molecule has 1 atom stereocenters. The van der Waals surface area contributed by atoms with Crippen molar-refractivity contribution in [1.82, 2.24) is 29.6 Å². The topological polar surface area (TPSA) is 99.6 Å². The highest BCUT2D eigenvalue weighted by molar-refractivity contribution is 8.00. The lowest BCUT2D eigenvalue weighted by Crippen LogP contribution is -2.24. The number of hydrogen-bond donors (Lipinski definition) is 1. The summed E-state index contributed by atoms with van der Waals surface area (Å²) < 4.78 is 4.73. The van der Waals surface area contributed by atoms with Gasteiger partial charge in [0.15, 0.2) is 5.69 Å². The summed E-state index contributed by atoms with van der Waals surface area (Å²) in [4.78, 5) is 26.3. The Morgan fingerprint density at radius 3 is 2.49 bits per heavy atom. The first-order valence-electron chi connectivity index (χ1n) is 11.0. The minimum absolute atomic E-state index is 0.189. The molecule has 5 aromatic rings. The van der Waals surface area contributed by atoms with Gasteiger partial charge in [-0.2, -0.15) is 4.68 Å². The predicted molar refractivity (Wildman–Crippen MR) is 136 cm³/mol. The number of nitrogens with zero attached hydrogens (tertiary/aromatic N) is 6. The molecule has 0 aliphatic heterocycles. The van der Waals surface area contributed by atoms with Gasteiger partial charge in [-0.25, -0.2) is 4.68 Å². The van der Waals surface area contributed by atoms with Crippen molar-refractivity contribution in [2.45, 2.75) is 24.3 Å². The molecule has 1 amide bonds. The predicted octanol–water partition coefficient (Wildman–Crippen LogP) is 3.73. The number of fused-ring (bicyclic) bond motifs is 1. The average Bonchev–Trinajstić information content (AvgIpc) is 3.40. The van der Waals surface area contributed by atoms with Crippen LogP contribution in [0.5, 0.6) is 0 Å². The second-order valence-corrected chi connectivity index (χ2v) is 9.40. The number of nitrogens with one attached hydrogen (secondary N) is 1. The van der Waals surface area contributed by atoms with Crippen LogP contribution in [-0.4, -0.2) is 40.7 Å². The van der Waals surface area contributed by atoms with E-state index >= 15 is 0 Å². The molecule has 1 N–H and O–H groups in total. The molecule has 2 aromatic heterocycles. The first-order valence-corrected chi connectivity index (χ1v) is 11.9. The highest BCUT2D eigenvalue weighted by atomic mass is 32.2. The Hall–Kier alpha value is -4.18. The Kier molecular flexibility index (Phi) is 5.96. The zero-order valence-corrected chi connectivity index (χ0v) is 20.2. The SMILES string of the molecule is Cc1c(-n2nnnc2SC(C)C(=O)Nc2ccc3ccccc3c2)c(=O)n(-c2ccccc2)n1C. The van der Waals surface area contributed by atoms with Crippen molar-refractivity contribution in [1.29, 1.82) is 0 Å². The first kappa shape index (κ1) is 22.6. The van der Waals surface area contributed by atoms with Gasteiger partial charge in [-0.15, -0.1) is 5.10 Å². The number of rotatable bonds is 6. The van der Waals surface area contributed by atoms with E-state index in [1.807, 2.05) is 86.8 Å². The van der Waals surface area contributed by atoms with Crippen LogP contribution >= 0.6 is 11.8 Å². The van der Waals surface area contributed by atoms with Crippen LogP contribution in [0.25, 0.3) is 22.1 Å². The van der Waals surface area contributed by atoms with Gasteiger partial charge in [-0.05, 0) is 59.3 Å². The number of amides is 1. The molecule has 176 valence electrons. The molecule has 0 radical (unpaired) electrons. The van der Waals surface area contributed by atoms with Gasteiger partial charge in [0.2, 0.25) is 11.1 Å². The summed E-state index contributed by atoms with van der Waals surface area (Å²) in [5.74, 6) is -0.189. The van der Waals surface area contributed by atoms with Crippen molar-refractivity contribution in [3.8, 4) is 11.4 Å². The summed E-state index contributed by atoms with van der Waals surface area (Å²) in [6.07, 6.45) is 0. The van der Waals surface area contributed by atoms with Gasteiger partial charge in [0.25, 0.3) is 5.56 Å². The molecule has 1 unspecified atom stereocenters. The van der Waals surface area contributed by atoms with Crippen molar-refractivity contribution in [2.24, 2.45) is 7.05 Å². The molecule has 10 heteroatoms. The molecule has 9 nitrogen and oxygen atoms in total. The van der Waals surface area contributed by atoms with Gasteiger partial charge < -0.3 is 5.32 Å². The molecular formula is C25H23N7O2S. The molecule has 0 fully saturated rings. The summed E-state index contributed by atoms with van der Waals surface area (Å²) in [5, 5.41) is 16.9. The maximum absolute atomic E-state index is 13.4. The number of tetrazole rings is 1. The van der Waals surface area contributed by atoms with E-state index in [9.17, 15) is 9.59 Å². The lowest BCUT2D eigenvalue weighted by Gasteiger charge is -2.12. The minimum Gasteiger partial charge on any atom is -0.325 e. The van der Waals surface area contributed by atoms with Crippen LogP contribution in [-0.2, 0) is 11.8 Å². The Labute approximate surface area is 205 Å². The Morgan fingerprint density at radius 1 is 1.00 bits per heavy atom. The molecule has 0 aliphatic carbocycles. The normalized spacial score (nSPS) is 12.1. The third-order valence-electron chi connectivity index (χ3n) is 5.84. The highest BCUT2D eigenvalue weighted by Crippen LogP contribution is 2.25. The van der Waals surface area contributed by atoms with Gasteiger partial charge in [-0.3, -0.25) is 14.3 Å². The number of para-hydroxylation sites is 1. The summed E-state index contributed by atoms with van der Waals surface area (Å²) in [6.45, 7) is 3.61. The van der Waals surface area contributed by atoms with Crippen LogP contribution in [0.2, 0.25) is 0 Å². The van der Waals surface area contributed by atoms with E-state index in [-0.39, 0.29) is 11.5 Å². The number of anilines is 1. The minimum atomic E-state index is -0.508. The second kappa shape index (κ2) is 9.22. The molecule has 0 spiro atoms. The van der Waals surface area contributed by atoms with Crippen LogP contribution in [0.4, 0.5) is 5.69 Å². The van der Waals surface area contributed by atoms with E-state index in [2.05, 4.69) is 20.8 Å². The summed E-state index contributed by atoms with van der Waals surface area (Å²) >= 11 is 1.19. The van der Waals surface area contributed by atoms with Crippen molar-refractivity contribution in [3.63, 3.8) is 0 Å². The maximum atomic E-state index is 13.4. The van der Waals surface area contributed by atoms with Gasteiger partial charge in [-0.1, -0.05) is 60.3 Å². The van der Waals surface area contributed by atoms with Crippen molar-refractivity contribution >= 4 is 34.1 Å². The summed E-state index contributed by atoms with van der Waals surface area (Å²) in [7, 11) is 1.81. The maximum Gasteiger partial charge on any atom is 0.297 e. The third-order valence-corrected chi connectivity index (χ3v) is 6.88. The second-order valence-electron chi connectivity index (χ2n) is 8.09. The number of thioether (sulfide) groups is 1. The first-order chi connectivity index (χ1) is 16.9. The standard InChI is InChI=1S/C25H23N7O2S/c1-16-22(24(34)32(30(16)3)21-11-5-4-6-12-21)31-25(27-28-29-31)35-17(2)23(33)26-20-14-13-18-9-7-8-10-19(18)15-20/h4-15,17H,1-3H3,(H,26,33). The molecule has 3 aromatic carbocycles. The monoisotopic (exact) mass is 485 g/mol. The largest absolute Gasteiger partial charge is 0.325 e. The van der Waals surface area contributed by atoms with E-state index in [1.165, 1.54) is 16.4 Å². The number of benzene rings is 3. The van der Waals surface area contributed by atoms with Gasteiger partial charge in [0.1, 0.15) is 0 Å². The number of carbonyl (C=O) groups is 1. The Bertz CT molecular complexity index is 1590. The van der Waals surface area contributed by atoms with Gasteiger partial charge >= 0.3 is 0 Å². The lowest BCUT2D eigenvalue weighted by molar-refractivity contribution is -0.115. The molecule has 5 rings (SSSR count). The zero-order valence-electron chi connectivity index (χ0n) is 19.4. The van der Waals surface area contributed by atoms with Crippen LogP contribution < -0.4 is 10.9 Å². The number of aromatic nitrogens is 6. The molecule has 0 saturated heterocycles. The molecule has 0 bridgehead atoms. The van der Waals surface area contributed by atoms with Gasteiger partial charge in [0, 0.05) is 12.7 Å². The van der Waals surface area contributed by atoms with Crippen molar-refractivity contribution < 1.29 is 4.79 Å². The summed E-state index contributed by atoms with van der Waals surface area (Å²) in [5.41, 5.74) is 2.23. The fourth-order valence-corrected chi connectivity index (χ4v) is 4.71. The molecule has 0 aliphatic rings. The van der Waals surface area contributed by atoms with E-state index in [4.69, 9.17) is 0 Å². The summed E-state index contributed by atoms with van der Waals surface area (Å²) in [6, 6.07) is 23.1. The number of carbonyl (C=O) groups excluding carboxylic acids is 1. The Morgan fingerprint density at radius 2 is 1.71 bits per heavy atom. The molecule has 35 heavy (non-hydrogen) atoms. The molecular weight excluding hydrogens is 462 g/mol. The Balaban J connectivity index is 1.40. The third kappa shape index (κ3) is 4.24. The van der Waals surface area contributed by atoms with E-state index < -0.39 is 5.25 Å². The molecule has 0 saturated carbocycles. The van der Waals surface area contributed by atoms with Crippen LogP contribution in [0, 0.1) is 6.92 Å². The van der Waals surface area contributed by atoms with Crippen LogP contribution in [0.15, 0.2) is 82.7 Å². The fourth-order valence-electron chi connectivity index (χ4n) is 3.91. The van der Waals surface area contributed by atoms with E-state index in [0.717, 1.165) is 16.5 Å². The highest BCUT2D eigenvalue weighted by Gasteiger charge is 2.24. The average molecular weight is 486 g/mol. The van der Waals surface area contributed by atoms with Crippen LogP contribution in [0.3, 0.4) is 0 Å². The van der Waals surface area contributed by atoms with E-state index in [0.29, 0.717) is 22.2 Å². The van der Waals surface area contributed by atoms with E-state index in [1.54, 1.807) is 16.3 Å². The smallest absolute Gasteiger partial charge is 0.297 e. The van der Waals surface area contributed by atoms with Crippen LogP contribution in [0.1, 0.15) is 12.6 Å². The van der Waals surface area contributed by atoms with Crippen molar-refractivity contribution in [2.75, 3.05) is 5.32 Å². The molecule has 2 heterocycles.